The molecule has 0 saturated carbocycles. The van der Waals surface area contributed by atoms with E-state index in [9.17, 15) is 0 Å². The second-order valence-corrected chi connectivity index (χ2v) is 5.04. The number of nitrogens with one attached hydrogen (secondary N) is 1. The molecule has 94 valence electrons. The Kier molecular flexibility index (Phi) is 3.97. The van der Waals surface area contributed by atoms with Gasteiger partial charge in [0.15, 0.2) is 0 Å². The van der Waals surface area contributed by atoms with Crippen molar-refractivity contribution in [1.29, 1.82) is 0 Å². The van der Waals surface area contributed by atoms with Gasteiger partial charge in [-0.2, -0.15) is 0 Å². The van der Waals surface area contributed by atoms with Gasteiger partial charge in [0.25, 0.3) is 0 Å². The van der Waals surface area contributed by atoms with Crippen molar-refractivity contribution < 1.29 is 10.0 Å². The Morgan fingerprint density at radius 3 is 3.06 bits per heavy atom. The van der Waals surface area contributed by atoms with Crippen LogP contribution in [0.25, 0.3) is 0 Å². The largest absolute Gasteiger partial charge is 0.396 e. The van der Waals surface area contributed by atoms with E-state index in [-0.39, 0.29) is 0 Å². The van der Waals surface area contributed by atoms with E-state index in [0.29, 0.717) is 18.3 Å². The zero-order valence-corrected chi connectivity index (χ0v) is 10.4. The number of likely N-dealkylation sites (tertiary alicyclic amines) is 1. The smallest absolute Gasteiger partial charge is 0.132 e. The number of pyridine rings is 1. The highest BCUT2D eigenvalue weighted by Gasteiger charge is 2.26. The molecule has 4 heteroatoms. The molecule has 0 aliphatic carbocycles. The fourth-order valence-corrected chi connectivity index (χ4v) is 2.63. The predicted molar refractivity (Wildman–Crippen MR) is 67.6 cm³/mol. The van der Waals surface area contributed by atoms with Crippen molar-refractivity contribution in [2.45, 2.75) is 26.3 Å². The number of anilines is 1. The first-order valence-electron chi connectivity index (χ1n) is 6.35. The molecule has 1 aliphatic rings. The summed E-state index contributed by atoms with van der Waals surface area (Å²) in [7, 11) is 0. The number of nitrogen functional groups attached to an aromatic ring is 1. The van der Waals surface area contributed by atoms with Crippen LogP contribution in [0, 0.1) is 12.8 Å². The van der Waals surface area contributed by atoms with Gasteiger partial charge in [-0.1, -0.05) is 0 Å². The molecule has 1 aliphatic heterocycles. The van der Waals surface area contributed by atoms with Crippen molar-refractivity contribution in [2.24, 2.45) is 5.92 Å². The van der Waals surface area contributed by atoms with Gasteiger partial charge in [0.05, 0.1) is 13.1 Å². The molecule has 2 unspecified atom stereocenters. The van der Waals surface area contributed by atoms with E-state index in [2.05, 4.69) is 11.1 Å². The first kappa shape index (κ1) is 12.3. The van der Waals surface area contributed by atoms with E-state index < -0.39 is 0 Å². The van der Waals surface area contributed by atoms with Crippen LogP contribution in [0.15, 0.2) is 12.1 Å². The van der Waals surface area contributed by atoms with Crippen LogP contribution in [0.3, 0.4) is 0 Å². The average molecular weight is 236 g/mol. The second kappa shape index (κ2) is 5.47. The van der Waals surface area contributed by atoms with Crippen molar-refractivity contribution in [3.8, 4) is 0 Å². The number of nitrogens with two attached hydrogens (primary N) is 1. The fourth-order valence-electron chi connectivity index (χ4n) is 2.63. The minimum atomic E-state index is 0.312. The molecule has 2 rings (SSSR count). The normalized spacial score (nSPS) is 24.1. The molecule has 4 N–H and O–H groups in total. The molecular formula is C13H22N3O+. The lowest BCUT2D eigenvalue weighted by Crippen LogP contribution is -3.08. The average Bonchev–Trinajstić information content (AvgIpc) is 2.71. The quantitative estimate of drug-likeness (QED) is 0.676. The Hall–Kier alpha value is -1.13. The van der Waals surface area contributed by atoms with Gasteiger partial charge in [0, 0.05) is 30.2 Å². The summed E-state index contributed by atoms with van der Waals surface area (Å²) in [6.45, 7) is 5.55. The Labute approximate surface area is 102 Å². The molecule has 1 fully saturated rings. The van der Waals surface area contributed by atoms with Gasteiger partial charge in [0.2, 0.25) is 0 Å². The topological polar surface area (TPSA) is 63.6 Å². The number of rotatable bonds is 4. The van der Waals surface area contributed by atoms with E-state index in [1.807, 2.05) is 13.0 Å². The van der Waals surface area contributed by atoms with Gasteiger partial charge < -0.3 is 15.7 Å². The predicted octanol–water partition coefficient (Wildman–Crippen LogP) is -0.241. The van der Waals surface area contributed by atoms with Gasteiger partial charge >= 0.3 is 0 Å². The Balaban J connectivity index is 1.93. The van der Waals surface area contributed by atoms with Gasteiger partial charge in [-0.05, 0) is 25.5 Å². The molecule has 0 spiro atoms. The van der Waals surface area contributed by atoms with Crippen molar-refractivity contribution >= 4 is 5.82 Å². The van der Waals surface area contributed by atoms with E-state index in [4.69, 9.17) is 10.8 Å². The van der Waals surface area contributed by atoms with Gasteiger partial charge in [-0.15, -0.1) is 0 Å². The van der Waals surface area contributed by atoms with Gasteiger partial charge in [0.1, 0.15) is 12.4 Å². The van der Waals surface area contributed by atoms with Crippen molar-refractivity contribution in [3.63, 3.8) is 0 Å². The van der Waals surface area contributed by atoms with Crippen molar-refractivity contribution in [1.82, 2.24) is 4.98 Å². The number of aliphatic hydroxyl groups excluding tert-OH is 1. The number of aryl methyl sites for hydroxylation is 1. The second-order valence-electron chi connectivity index (χ2n) is 5.04. The zero-order valence-electron chi connectivity index (χ0n) is 10.4. The lowest BCUT2D eigenvalue weighted by Gasteiger charge is -2.14. The number of aromatic nitrogens is 1. The van der Waals surface area contributed by atoms with Crippen LogP contribution in [0.4, 0.5) is 5.82 Å². The molecule has 0 aromatic carbocycles. The van der Waals surface area contributed by atoms with Crippen molar-refractivity contribution in [3.05, 3.63) is 23.4 Å². The Bertz CT molecular complexity index is 381. The number of aliphatic hydroxyl groups is 1. The summed E-state index contributed by atoms with van der Waals surface area (Å²) >= 11 is 0. The summed E-state index contributed by atoms with van der Waals surface area (Å²) in [5, 5.41) is 8.94. The van der Waals surface area contributed by atoms with Crippen LogP contribution in [0.2, 0.25) is 0 Å². The van der Waals surface area contributed by atoms with E-state index in [1.54, 1.807) is 4.90 Å². The Morgan fingerprint density at radius 1 is 1.53 bits per heavy atom. The third-order valence-electron chi connectivity index (χ3n) is 3.61. The fraction of sp³-hybridized carbons (Fsp3) is 0.615. The number of quaternary nitrogens is 1. The molecule has 17 heavy (non-hydrogen) atoms. The number of hydrogen-bond donors (Lipinski definition) is 3. The van der Waals surface area contributed by atoms with Crippen LogP contribution in [-0.2, 0) is 6.54 Å². The molecular weight excluding hydrogens is 214 g/mol. The summed E-state index contributed by atoms with van der Waals surface area (Å²) in [4.78, 5) is 5.85. The zero-order chi connectivity index (χ0) is 12.3. The highest BCUT2D eigenvalue weighted by Crippen LogP contribution is 2.11. The standard InChI is InChI=1S/C13H21N3O/c1-10-2-3-12(13(14)15-10)9-16-6-4-11(8-16)5-7-17/h2-3,11,17H,4-9H2,1H3,(H2,14,15)/p+1. The summed E-state index contributed by atoms with van der Waals surface area (Å²) in [6.07, 6.45) is 2.15. The highest BCUT2D eigenvalue weighted by molar-refractivity contribution is 5.39. The van der Waals surface area contributed by atoms with E-state index in [1.165, 1.54) is 13.0 Å². The molecule has 0 amide bonds. The van der Waals surface area contributed by atoms with Crippen LogP contribution in [0.1, 0.15) is 24.1 Å². The summed E-state index contributed by atoms with van der Waals surface area (Å²) < 4.78 is 0. The van der Waals surface area contributed by atoms with Gasteiger partial charge in [-0.3, -0.25) is 0 Å². The highest BCUT2D eigenvalue weighted by atomic mass is 16.3. The lowest BCUT2D eigenvalue weighted by molar-refractivity contribution is -0.902. The van der Waals surface area contributed by atoms with E-state index in [0.717, 1.165) is 30.8 Å². The van der Waals surface area contributed by atoms with E-state index >= 15 is 0 Å². The third-order valence-corrected chi connectivity index (χ3v) is 3.61. The lowest BCUT2D eigenvalue weighted by atomic mass is 10.1. The van der Waals surface area contributed by atoms with Crippen LogP contribution >= 0.6 is 0 Å². The first-order valence-corrected chi connectivity index (χ1v) is 6.35. The molecule has 1 aromatic heterocycles. The maximum Gasteiger partial charge on any atom is 0.132 e. The molecule has 0 bridgehead atoms. The summed E-state index contributed by atoms with van der Waals surface area (Å²) in [5.41, 5.74) is 8.05. The van der Waals surface area contributed by atoms with Crippen LogP contribution in [-0.4, -0.2) is 29.8 Å². The van der Waals surface area contributed by atoms with Crippen molar-refractivity contribution in [2.75, 3.05) is 25.4 Å². The molecule has 4 nitrogen and oxygen atoms in total. The molecule has 1 aromatic rings. The Morgan fingerprint density at radius 2 is 2.35 bits per heavy atom. The molecule has 0 radical (unpaired) electrons. The molecule has 2 heterocycles. The summed E-state index contributed by atoms with van der Waals surface area (Å²) in [5.74, 6) is 1.35. The minimum Gasteiger partial charge on any atom is -0.396 e. The van der Waals surface area contributed by atoms with Crippen LogP contribution < -0.4 is 10.6 Å². The monoisotopic (exact) mass is 236 g/mol. The molecule has 1 saturated heterocycles. The first-order chi connectivity index (χ1) is 8.19. The number of nitrogens with zero attached hydrogens (tertiary/aromatic N) is 1. The summed E-state index contributed by atoms with van der Waals surface area (Å²) in [6, 6.07) is 4.11. The van der Waals surface area contributed by atoms with Crippen LogP contribution in [0.5, 0.6) is 0 Å². The molecule has 2 atom stereocenters. The maximum absolute atomic E-state index is 8.94. The minimum absolute atomic E-state index is 0.312. The number of hydrogen-bond acceptors (Lipinski definition) is 3. The third kappa shape index (κ3) is 3.17. The SMILES string of the molecule is Cc1ccc(C[NH+]2CCC(CCO)C2)c(N)n1. The van der Waals surface area contributed by atoms with Gasteiger partial charge in [-0.25, -0.2) is 4.98 Å². The maximum atomic E-state index is 8.94.